The minimum absolute atomic E-state index is 0.0117. The van der Waals surface area contributed by atoms with Gasteiger partial charge in [0.05, 0.1) is 25.3 Å². The van der Waals surface area contributed by atoms with E-state index in [0.717, 1.165) is 4.09 Å². The molecule has 1 heterocycles. The van der Waals surface area contributed by atoms with Crippen molar-refractivity contribution >= 4 is 15.7 Å². The molecule has 2 rings (SSSR count). The van der Waals surface area contributed by atoms with E-state index < -0.39 is 10.0 Å². The van der Waals surface area contributed by atoms with Gasteiger partial charge in [0, 0.05) is 16.8 Å². The molecule has 0 spiro atoms. The number of methoxy groups -OCH3 is 1. The normalized spacial score (nSPS) is 11.5. The molecule has 2 aromatic rings. The van der Waals surface area contributed by atoms with Gasteiger partial charge >= 0.3 is 0 Å². The monoisotopic (exact) mass is 281 g/mol. The summed E-state index contributed by atoms with van der Waals surface area (Å²) >= 11 is 0. The molecule has 102 valence electrons. The highest BCUT2D eigenvalue weighted by molar-refractivity contribution is 7.89. The molecule has 0 saturated carbocycles. The molecule has 0 bridgehead atoms. The zero-order chi connectivity index (χ0) is 14.0. The lowest BCUT2D eigenvalue weighted by Crippen LogP contribution is -2.14. The van der Waals surface area contributed by atoms with Crippen LogP contribution in [0.5, 0.6) is 5.75 Å². The number of rotatable bonds is 4. The van der Waals surface area contributed by atoms with Gasteiger partial charge in [0.15, 0.2) is 0 Å². The zero-order valence-electron chi connectivity index (χ0n) is 10.7. The van der Waals surface area contributed by atoms with Gasteiger partial charge in [-0.3, -0.25) is 0 Å². The molecule has 1 aromatic carbocycles. The second-order valence-electron chi connectivity index (χ2n) is 3.96. The fourth-order valence-electron chi connectivity index (χ4n) is 1.68. The van der Waals surface area contributed by atoms with Crippen molar-refractivity contribution in [1.29, 1.82) is 0 Å². The van der Waals surface area contributed by atoms with Crippen LogP contribution in [0.4, 0.5) is 5.69 Å². The van der Waals surface area contributed by atoms with E-state index >= 15 is 0 Å². The number of anilines is 1. The Hall–Kier alpha value is -2.02. The van der Waals surface area contributed by atoms with E-state index in [1.54, 1.807) is 32.2 Å². The van der Waals surface area contributed by atoms with E-state index in [-0.39, 0.29) is 5.75 Å². The van der Waals surface area contributed by atoms with Crippen LogP contribution in [-0.4, -0.2) is 30.5 Å². The van der Waals surface area contributed by atoms with E-state index in [1.165, 1.54) is 12.4 Å². The number of aromatic nitrogens is 2. The van der Waals surface area contributed by atoms with Crippen molar-refractivity contribution in [3.63, 3.8) is 0 Å². The first kappa shape index (κ1) is 13.4. The summed E-state index contributed by atoms with van der Waals surface area (Å²) in [5, 5.41) is 3.87. The van der Waals surface area contributed by atoms with E-state index in [4.69, 9.17) is 10.5 Å². The molecule has 19 heavy (non-hydrogen) atoms. The summed E-state index contributed by atoms with van der Waals surface area (Å²) in [5.41, 5.74) is 7.66. The summed E-state index contributed by atoms with van der Waals surface area (Å²) in [5.74, 6) is 0.602. The Morgan fingerprint density at radius 1 is 1.42 bits per heavy atom. The Labute approximate surface area is 111 Å². The Balaban J connectivity index is 2.52. The third kappa shape index (κ3) is 2.55. The number of nitrogens with zero attached hydrogens (tertiary/aromatic N) is 2. The van der Waals surface area contributed by atoms with Crippen LogP contribution in [0.25, 0.3) is 11.1 Å². The fourth-order valence-corrected chi connectivity index (χ4v) is 2.41. The number of benzene rings is 1. The molecule has 6 nitrogen and oxygen atoms in total. The second-order valence-corrected chi connectivity index (χ2v) is 6.08. The Kier molecular flexibility index (Phi) is 3.48. The molecule has 1 aromatic heterocycles. The fraction of sp³-hybridized carbons (Fsp3) is 0.250. The molecule has 0 fully saturated rings. The van der Waals surface area contributed by atoms with Gasteiger partial charge in [-0.1, -0.05) is 0 Å². The standard InChI is InChI=1S/C12H15N3O3S/c1-3-19(16,17)15-8-9(7-14-15)11-6-10(13)4-5-12(11)18-2/h4-8H,3,13H2,1-2H3. The van der Waals surface area contributed by atoms with Gasteiger partial charge in [0.1, 0.15) is 5.75 Å². The third-order valence-corrected chi connectivity index (χ3v) is 4.24. The third-order valence-electron chi connectivity index (χ3n) is 2.74. The van der Waals surface area contributed by atoms with Crippen molar-refractivity contribution in [2.45, 2.75) is 6.92 Å². The molecule has 0 aliphatic rings. The van der Waals surface area contributed by atoms with E-state index in [1.807, 2.05) is 0 Å². The van der Waals surface area contributed by atoms with Gasteiger partial charge in [-0.25, -0.2) is 8.42 Å². The van der Waals surface area contributed by atoms with Gasteiger partial charge in [0.25, 0.3) is 10.0 Å². The largest absolute Gasteiger partial charge is 0.496 e. The van der Waals surface area contributed by atoms with Crippen molar-refractivity contribution in [3.8, 4) is 16.9 Å². The predicted octanol–water partition coefficient (Wildman–Crippen LogP) is 1.34. The lowest BCUT2D eigenvalue weighted by Gasteiger charge is -2.07. The summed E-state index contributed by atoms with van der Waals surface area (Å²) in [6.07, 6.45) is 2.93. The molecule has 7 heteroatoms. The molecular weight excluding hydrogens is 266 g/mol. The topological polar surface area (TPSA) is 87.2 Å². The second kappa shape index (κ2) is 4.93. The first-order valence-electron chi connectivity index (χ1n) is 5.69. The quantitative estimate of drug-likeness (QED) is 0.854. The summed E-state index contributed by atoms with van der Waals surface area (Å²) in [6, 6.07) is 5.17. The molecule has 0 atom stereocenters. The average molecular weight is 281 g/mol. The van der Waals surface area contributed by atoms with Crippen LogP contribution in [0.15, 0.2) is 30.6 Å². The molecule has 0 amide bonds. The number of ether oxygens (including phenoxy) is 1. The SMILES string of the molecule is CCS(=O)(=O)n1cc(-c2cc(N)ccc2OC)cn1. The van der Waals surface area contributed by atoms with Gasteiger partial charge in [-0.15, -0.1) is 0 Å². The minimum atomic E-state index is -3.38. The van der Waals surface area contributed by atoms with Gasteiger partial charge in [-0.2, -0.15) is 9.19 Å². The highest BCUT2D eigenvalue weighted by atomic mass is 32.2. The van der Waals surface area contributed by atoms with Crippen molar-refractivity contribution in [3.05, 3.63) is 30.6 Å². The van der Waals surface area contributed by atoms with Crippen LogP contribution < -0.4 is 10.5 Å². The molecular formula is C12H15N3O3S. The van der Waals surface area contributed by atoms with E-state index in [9.17, 15) is 8.42 Å². The summed E-state index contributed by atoms with van der Waals surface area (Å²) in [4.78, 5) is 0. The lowest BCUT2D eigenvalue weighted by atomic mass is 10.1. The molecule has 0 radical (unpaired) electrons. The molecule has 0 unspecified atom stereocenters. The Morgan fingerprint density at radius 2 is 2.16 bits per heavy atom. The van der Waals surface area contributed by atoms with Crippen molar-refractivity contribution < 1.29 is 13.2 Å². The first-order valence-corrected chi connectivity index (χ1v) is 7.30. The summed E-state index contributed by atoms with van der Waals surface area (Å²) in [6.45, 7) is 1.57. The van der Waals surface area contributed by atoms with E-state index in [2.05, 4.69) is 5.10 Å². The molecule has 0 saturated heterocycles. The summed E-state index contributed by atoms with van der Waals surface area (Å²) < 4.78 is 29.6. The van der Waals surface area contributed by atoms with Crippen molar-refractivity contribution in [2.24, 2.45) is 0 Å². The molecule has 0 aliphatic heterocycles. The Bertz CT molecular complexity index is 692. The van der Waals surface area contributed by atoms with Crippen molar-refractivity contribution in [1.82, 2.24) is 9.19 Å². The van der Waals surface area contributed by atoms with E-state index in [0.29, 0.717) is 22.6 Å². The van der Waals surface area contributed by atoms with Crippen molar-refractivity contribution in [2.75, 3.05) is 18.6 Å². The smallest absolute Gasteiger partial charge is 0.253 e. The highest BCUT2D eigenvalue weighted by Crippen LogP contribution is 2.31. The molecule has 2 N–H and O–H groups in total. The maximum atomic E-state index is 11.7. The number of nitrogen functional groups attached to an aromatic ring is 1. The summed E-state index contributed by atoms with van der Waals surface area (Å²) in [7, 11) is -1.84. The maximum Gasteiger partial charge on any atom is 0.253 e. The zero-order valence-corrected chi connectivity index (χ0v) is 11.5. The van der Waals surface area contributed by atoms with Crippen LogP contribution in [0.2, 0.25) is 0 Å². The number of hydrogen-bond donors (Lipinski definition) is 1. The van der Waals surface area contributed by atoms with Crippen LogP contribution in [0.1, 0.15) is 6.92 Å². The lowest BCUT2D eigenvalue weighted by molar-refractivity contribution is 0.416. The van der Waals surface area contributed by atoms with Gasteiger partial charge in [0.2, 0.25) is 0 Å². The molecule has 0 aliphatic carbocycles. The van der Waals surface area contributed by atoms with Gasteiger partial charge < -0.3 is 10.5 Å². The predicted molar refractivity (Wildman–Crippen MR) is 73.5 cm³/mol. The van der Waals surface area contributed by atoms with Crippen LogP contribution >= 0.6 is 0 Å². The number of hydrogen-bond acceptors (Lipinski definition) is 5. The Morgan fingerprint density at radius 3 is 2.79 bits per heavy atom. The highest BCUT2D eigenvalue weighted by Gasteiger charge is 2.14. The minimum Gasteiger partial charge on any atom is -0.496 e. The van der Waals surface area contributed by atoms with Crippen LogP contribution in [0.3, 0.4) is 0 Å². The average Bonchev–Trinajstić information content (AvgIpc) is 2.89. The van der Waals surface area contributed by atoms with Crippen LogP contribution in [0, 0.1) is 0 Å². The first-order chi connectivity index (χ1) is 8.97. The van der Waals surface area contributed by atoms with Crippen LogP contribution in [-0.2, 0) is 10.0 Å². The van der Waals surface area contributed by atoms with Gasteiger partial charge in [-0.05, 0) is 25.1 Å². The number of nitrogens with two attached hydrogens (primary N) is 1. The maximum absolute atomic E-state index is 11.7.